The number of benzene rings is 1. The van der Waals surface area contributed by atoms with Crippen LogP contribution in [0.2, 0.25) is 14.8 Å². The third kappa shape index (κ3) is 2.63. The van der Waals surface area contributed by atoms with Gasteiger partial charge in [-0.1, -0.05) is 0 Å². The van der Waals surface area contributed by atoms with E-state index in [0.717, 1.165) is 0 Å². The molecular weight excluding hydrogens is 265 g/mol. The Morgan fingerprint density at radius 1 is 1.00 bits per heavy atom. The number of anilines is 1. The zero-order valence-corrected chi connectivity index (χ0v) is 12.1. The normalized spacial score (nSPS) is 11.5. The van der Waals surface area contributed by atoms with Gasteiger partial charge in [-0.2, -0.15) is 0 Å². The van der Waals surface area contributed by atoms with Crippen LogP contribution in [0.3, 0.4) is 0 Å². The van der Waals surface area contributed by atoms with Crippen LogP contribution in [0.15, 0.2) is 24.3 Å². The first-order valence-corrected chi connectivity index (χ1v) is 14.7. The molecule has 0 aliphatic heterocycles. The van der Waals surface area contributed by atoms with Crippen LogP contribution in [-0.2, 0) is 0 Å². The molecule has 1 aromatic rings. The molecule has 13 heavy (non-hydrogen) atoms. The summed E-state index contributed by atoms with van der Waals surface area (Å²) in [5, 5.41) is 0. The van der Waals surface area contributed by atoms with Crippen LogP contribution in [0.4, 0.5) is 5.69 Å². The Hall–Kier alpha value is -0.181. The molecule has 72 valence electrons. The van der Waals surface area contributed by atoms with Crippen molar-refractivity contribution in [2.24, 2.45) is 0 Å². The van der Waals surface area contributed by atoms with Gasteiger partial charge in [-0.25, -0.2) is 0 Å². The van der Waals surface area contributed by atoms with E-state index >= 15 is 0 Å². The molecule has 0 spiro atoms. The second-order valence-corrected chi connectivity index (χ2v) is 19.0. The molecule has 0 atom stereocenters. The van der Waals surface area contributed by atoms with Gasteiger partial charge in [0.05, 0.1) is 0 Å². The molecule has 2 heteroatoms. The number of hydrogen-bond acceptors (Lipinski definition) is 1. The number of rotatable bonds is 2. The van der Waals surface area contributed by atoms with Crippen LogP contribution < -0.4 is 8.48 Å². The van der Waals surface area contributed by atoms with Crippen LogP contribution in [0.1, 0.15) is 0 Å². The van der Waals surface area contributed by atoms with Crippen molar-refractivity contribution in [2.45, 2.75) is 14.8 Å². The van der Waals surface area contributed by atoms with Crippen LogP contribution >= 0.6 is 0 Å². The fraction of sp³-hybridized carbons (Fsp3) is 0.455. The molecule has 0 saturated carbocycles. The van der Waals surface area contributed by atoms with E-state index in [-0.39, 0.29) is 0 Å². The quantitative estimate of drug-likeness (QED) is 0.753. The van der Waals surface area contributed by atoms with Crippen molar-refractivity contribution in [2.75, 3.05) is 19.0 Å². The Morgan fingerprint density at radius 2 is 1.54 bits per heavy atom. The Morgan fingerprint density at radius 3 is 1.92 bits per heavy atom. The first-order valence-electron chi connectivity index (χ1n) is 4.70. The van der Waals surface area contributed by atoms with Crippen molar-refractivity contribution >= 4 is 27.6 Å². The molecule has 0 N–H and O–H groups in total. The van der Waals surface area contributed by atoms with Gasteiger partial charge < -0.3 is 0 Å². The molecule has 0 unspecified atom stereocenters. The second-order valence-electron chi connectivity index (χ2n) is 4.66. The van der Waals surface area contributed by atoms with Crippen molar-refractivity contribution in [3.05, 3.63) is 24.3 Å². The molecule has 0 heterocycles. The van der Waals surface area contributed by atoms with E-state index in [1.54, 1.807) is 3.58 Å². The van der Waals surface area contributed by atoms with E-state index < -0.39 is 18.4 Å². The third-order valence-corrected chi connectivity index (χ3v) is 8.01. The maximum atomic E-state index is 2.46. The first-order chi connectivity index (χ1) is 5.93. The van der Waals surface area contributed by atoms with E-state index in [1.807, 2.05) is 0 Å². The summed E-state index contributed by atoms with van der Waals surface area (Å²) in [6.07, 6.45) is 0. The first kappa shape index (κ1) is 10.9. The topological polar surface area (TPSA) is 3.24 Å². The fourth-order valence-corrected chi connectivity index (χ4v) is 6.27. The molecule has 1 rings (SSSR count). The second kappa shape index (κ2) is 3.91. The average Bonchev–Trinajstić information content (AvgIpc) is 2.03. The van der Waals surface area contributed by atoms with E-state index in [4.69, 9.17) is 0 Å². The Kier molecular flexibility index (Phi) is 3.27. The summed E-state index contributed by atoms with van der Waals surface area (Å²) in [6.45, 7) is 0. The van der Waals surface area contributed by atoms with Crippen LogP contribution in [-0.4, -0.2) is 32.5 Å². The summed E-state index contributed by atoms with van der Waals surface area (Å²) in [4.78, 5) is 9.59. The molecule has 0 fully saturated rings. The van der Waals surface area contributed by atoms with Crippen LogP contribution in [0.25, 0.3) is 0 Å². The number of hydrogen-bond donors (Lipinski definition) is 0. The molecule has 0 aliphatic rings. The van der Waals surface area contributed by atoms with Gasteiger partial charge in [-0.3, -0.25) is 0 Å². The Balaban J connectivity index is 3.20. The van der Waals surface area contributed by atoms with Crippen molar-refractivity contribution in [3.8, 4) is 0 Å². The molecule has 0 amide bonds. The SMILES string of the molecule is CN(C)c1cccc[c]1[Sn]([CH3])([CH3])[CH3]. The minimum atomic E-state index is -1.90. The Bertz CT molecular complexity index is 286. The summed E-state index contributed by atoms with van der Waals surface area (Å²) < 4.78 is 1.61. The monoisotopic (exact) mass is 285 g/mol. The minimum absolute atomic E-state index is 1.41. The van der Waals surface area contributed by atoms with Crippen LogP contribution in [0.5, 0.6) is 0 Å². The average molecular weight is 284 g/mol. The zero-order chi connectivity index (χ0) is 10.1. The predicted octanol–water partition coefficient (Wildman–Crippen LogP) is 2.30. The van der Waals surface area contributed by atoms with Crippen molar-refractivity contribution in [1.82, 2.24) is 0 Å². The summed E-state index contributed by atoms with van der Waals surface area (Å²) in [6, 6.07) is 8.80. The molecule has 1 nitrogen and oxygen atoms in total. The predicted molar refractivity (Wildman–Crippen MR) is 63.7 cm³/mol. The Labute approximate surface area is 85.6 Å². The fourth-order valence-electron chi connectivity index (χ4n) is 1.50. The van der Waals surface area contributed by atoms with Gasteiger partial charge >= 0.3 is 85.7 Å². The molecule has 0 radical (unpaired) electrons. The molecular formula is C11H19NSn. The van der Waals surface area contributed by atoms with Gasteiger partial charge in [0.25, 0.3) is 0 Å². The van der Waals surface area contributed by atoms with Crippen LogP contribution in [0, 0.1) is 0 Å². The zero-order valence-electron chi connectivity index (χ0n) is 9.26. The van der Waals surface area contributed by atoms with Gasteiger partial charge in [0.15, 0.2) is 0 Å². The van der Waals surface area contributed by atoms with Gasteiger partial charge in [0.2, 0.25) is 0 Å². The number of para-hydroxylation sites is 1. The standard InChI is InChI=1S/C8H10N.3CH3.Sn/c1-9(2)8-6-4-3-5-7-8;;;;/h3-6H,1-2H3;3*1H3;. The van der Waals surface area contributed by atoms with Gasteiger partial charge in [0.1, 0.15) is 0 Å². The molecule has 0 aliphatic carbocycles. The summed E-state index contributed by atoms with van der Waals surface area (Å²) in [7, 11) is 4.24. The molecule has 0 aromatic heterocycles. The maximum absolute atomic E-state index is 2.46. The van der Waals surface area contributed by atoms with E-state index in [0.29, 0.717) is 0 Å². The third-order valence-electron chi connectivity index (χ3n) is 2.19. The van der Waals surface area contributed by atoms with Gasteiger partial charge in [-0.15, -0.1) is 0 Å². The summed E-state index contributed by atoms with van der Waals surface area (Å²) in [5.41, 5.74) is 1.41. The molecule has 0 saturated heterocycles. The van der Waals surface area contributed by atoms with Crippen molar-refractivity contribution in [1.29, 1.82) is 0 Å². The van der Waals surface area contributed by atoms with E-state index in [9.17, 15) is 0 Å². The van der Waals surface area contributed by atoms with Crippen molar-refractivity contribution in [3.63, 3.8) is 0 Å². The van der Waals surface area contributed by atoms with Gasteiger partial charge in [0, 0.05) is 0 Å². The number of nitrogens with zero attached hydrogens (tertiary/aromatic N) is 1. The van der Waals surface area contributed by atoms with E-state index in [1.165, 1.54) is 5.69 Å². The van der Waals surface area contributed by atoms with Crippen molar-refractivity contribution < 1.29 is 0 Å². The van der Waals surface area contributed by atoms with E-state index in [2.05, 4.69) is 58.1 Å². The molecule has 1 aromatic carbocycles. The molecule has 0 bridgehead atoms. The summed E-state index contributed by atoms with van der Waals surface area (Å²) in [5.74, 6) is 0. The summed E-state index contributed by atoms with van der Waals surface area (Å²) >= 11 is -1.90. The van der Waals surface area contributed by atoms with Gasteiger partial charge in [-0.05, 0) is 0 Å².